The predicted molar refractivity (Wildman–Crippen MR) is 158 cm³/mol. The van der Waals surface area contributed by atoms with E-state index in [1.807, 2.05) is 24.3 Å². The summed E-state index contributed by atoms with van der Waals surface area (Å²) >= 11 is 0. The number of nitrogens with zero attached hydrogens (tertiary/aromatic N) is 2. The molecule has 2 aromatic heterocycles. The highest BCUT2D eigenvalue weighted by Crippen LogP contribution is 2.26. The summed E-state index contributed by atoms with van der Waals surface area (Å²) in [6, 6.07) is 5.76. The van der Waals surface area contributed by atoms with Crippen molar-refractivity contribution in [2.45, 2.75) is 88.8 Å². The largest absolute Gasteiger partial charge is 0.480 e. The van der Waals surface area contributed by atoms with E-state index in [1.54, 1.807) is 33.2 Å². The number of nitrogens with one attached hydrogen (secondary N) is 1. The summed E-state index contributed by atoms with van der Waals surface area (Å²) in [4.78, 5) is 42.7. The number of amides is 1. The lowest BCUT2D eigenvalue weighted by Crippen LogP contribution is -2.44. The van der Waals surface area contributed by atoms with E-state index in [2.05, 4.69) is 15.3 Å². The van der Waals surface area contributed by atoms with Gasteiger partial charge < -0.3 is 35.5 Å². The van der Waals surface area contributed by atoms with Gasteiger partial charge in [-0.2, -0.15) is 0 Å². The second-order valence-electron chi connectivity index (χ2n) is 11.8. The van der Waals surface area contributed by atoms with Gasteiger partial charge in [-0.3, -0.25) is 14.8 Å². The van der Waals surface area contributed by atoms with Gasteiger partial charge in [0.05, 0.1) is 0 Å². The van der Waals surface area contributed by atoms with E-state index < -0.39 is 35.7 Å². The van der Waals surface area contributed by atoms with Gasteiger partial charge in [-0.25, -0.2) is 9.59 Å². The van der Waals surface area contributed by atoms with Crippen LogP contribution in [0, 0.1) is 0 Å². The lowest BCUT2D eigenvalue weighted by molar-refractivity contribution is -0.140. The number of aliphatic carboxylic acids is 2. The van der Waals surface area contributed by atoms with Crippen molar-refractivity contribution in [1.29, 1.82) is 0 Å². The molecule has 2 aromatic rings. The Kier molecular flexibility index (Phi) is 12.8. The van der Waals surface area contributed by atoms with Crippen LogP contribution < -0.4 is 11.1 Å². The predicted octanol–water partition coefficient (Wildman–Crippen LogP) is 3.43. The van der Waals surface area contributed by atoms with Gasteiger partial charge in [0.1, 0.15) is 17.7 Å². The molecule has 12 heteroatoms. The monoisotopic (exact) mass is 600 g/mol. The summed E-state index contributed by atoms with van der Waals surface area (Å²) in [6.07, 6.45) is 7.03. The fourth-order valence-electron chi connectivity index (χ4n) is 4.81. The Morgan fingerprint density at radius 2 is 1.33 bits per heavy atom. The fourth-order valence-corrected chi connectivity index (χ4v) is 4.81. The highest BCUT2D eigenvalue weighted by Gasteiger charge is 2.25. The van der Waals surface area contributed by atoms with Gasteiger partial charge in [0.2, 0.25) is 0 Å². The zero-order valence-electron chi connectivity index (χ0n) is 25.2. The molecule has 2 saturated heterocycles. The first-order valence-corrected chi connectivity index (χ1v) is 14.7. The van der Waals surface area contributed by atoms with Crippen LogP contribution in [0.5, 0.6) is 0 Å². The van der Waals surface area contributed by atoms with E-state index in [1.165, 1.54) is 0 Å². The Labute approximate surface area is 252 Å². The van der Waals surface area contributed by atoms with Gasteiger partial charge in [-0.05, 0) is 76.1 Å². The standard InChI is InChI=1S/C18H26N2O5.C13H18N2O3/c1-18(2,3)25-17(23)20-15(16(21)22)10-12-4-5-14(19-11-12)13-6-8-24-9-7-13;14-11(13(16)17)7-9-1-2-12(15-8-9)10-3-5-18-6-4-10/h4-5,11,13,15H,6-10H2,1-3H3,(H,20,23)(H,21,22);1-2,8,10-11H,3-7,14H2,(H,16,17)/t15-;11-/m00/s1. The average molecular weight is 601 g/mol. The highest BCUT2D eigenvalue weighted by atomic mass is 16.6. The maximum Gasteiger partial charge on any atom is 0.408 e. The third-order valence-corrected chi connectivity index (χ3v) is 7.18. The molecule has 2 fully saturated rings. The minimum atomic E-state index is -1.11. The summed E-state index contributed by atoms with van der Waals surface area (Å²) in [7, 11) is 0. The number of pyridine rings is 2. The lowest BCUT2D eigenvalue weighted by atomic mass is 9.95. The van der Waals surface area contributed by atoms with Gasteiger partial charge in [0, 0.05) is 68.5 Å². The Bertz CT molecular complexity index is 1170. The van der Waals surface area contributed by atoms with Crippen molar-refractivity contribution in [3.8, 4) is 0 Å². The number of carbonyl (C=O) groups excluding carboxylic acids is 1. The van der Waals surface area contributed by atoms with Crippen molar-refractivity contribution in [3.05, 3.63) is 59.2 Å². The molecule has 236 valence electrons. The minimum Gasteiger partial charge on any atom is -0.480 e. The topological polar surface area (TPSA) is 183 Å². The number of rotatable bonds is 9. The SMILES string of the molecule is CC(C)(C)OC(=O)N[C@@H](Cc1ccc(C2CCOCC2)nc1)C(=O)O.N[C@@H](Cc1ccc(C2CCOCC2)nc1)C(=O)O. The molecular weight excluding hydrogens is 556 g/mol. The van der Waals surface area contributed by atoms with E-state index in [9.17, 15) is 19.5 Å². The van der Waals surface area contributed by atoms with Crippen molar-refractivity contribution in [3.63, 3.8) is 0 Å². The van der Waals surface area contributed by atoms with Gasteiger partial charge in [-0.1, -0.05) is 12.1 Å². The van der Waals surface area contributed by atoms with E-state index >= 15 is 0 Å². The molecule has 43 heavy (non-hydrogen) atoms. The average Bonchev–Trinajstić information content (AvgIpc) is 2.98. The lowest BCUT2D eigenvalue weighted by Gasteiger charge is -2.22. The van der Waals surface area contributed by atoms with Crippen LogP contribution in [0.3, 0.4) is 0 Å². The molecule has 12 nitrogen and oxygen atoms in total. The number of carboxylic acids is 2. The molecular formula is C31H44N4O8. The number of aromatic nitrogens is 2. The van der Waals surface area contributed by atoms with Crippen molar-refractivity contribution in [2.24, 2.45) is 5.73 Å². The normalized spacial score (nSPS) is 17.6. The molecule has 2 aliphatic heterocycles. The van der Waals surface area contributed by atoms with Crippen molar-refractivity contribution in [2.75, 3.05) is 26.4 Å². The zero-order valence-corrected chi connectivity index (χ0v) is 25.2. The third kappa shape index (κ3) is 11.9. The van der Waals surface area contributed by atoms with Gasteiger partial charge in [0.15, 0.2) is 0 Å². The molecule has 5 N–H and O–H groups in total. The fraction of sp³-hybridized carbons (Fsp3) is 0.581. The van der Waals surface area contributed by atoms with Crippen LogP contribution in [-0.2, 0) is 36.6 Å². The number of carboxylic acid groups (broad SMARTS) is 2. The van der Waals surface area contributed by atoms with Gasteiger partial charge in [-0.15, -0.1) is 0 Å². The molecule has 0 saturated carbocycles. The second kappa shape index (κ2) is 16.3. The summed E-state index contributed by atoms with van der Waals surface area (Å²) in [5, 5.41) is 20.5. The molecule has 0 spiro atoms. The Morgan fingerprint density at radius 3 is 1.70 bits per heavy atom. The second-order valence-corrected chi connectivity index (χ2v) is 11.8. The minimum absolute atomic E-state index is 0.148. The molecule has 0 aliphatic carbocycles. The smallest absolute Gasteiger partial charge is 0.408 e. The highest BCUT2D eigenvalue weighted by molar-refractivity contribution is 5.80. The van der Waals surface area contributed by atoms with Gasteiger partial charge in [0.25, 0.3) is 0 Å². The third-order valence-electron chi connectivity index (χ3n) is 7.18. The summed E-state index contributed by atoms with van der Waals surface area (Å²) in [5.74, 6) is -1.25. The molecule has 0 unspecified atom stereocenters. The van der Waals surface area contributed by atoms with Crippen molar-refractivity contribution < 1.29 is 38.8 Å². The molecule has 1 amide bonds. The zero-order chi connectivity index (χ0) is 31.4. The first-order chi connectivity index (χ1) is 20.4. The van der Waals surface area contributed by atoms with Crippen LogP contribution in [-0.4, -0.2) is 82.3 Å². The number of hydrogen-bond donors (Lipinski definition) is 4. The van der Waals surface area contributed by atoms with E-state index in [-0.39, 0.29) is 6.42 Å². The van der Waals surface area contributed by atoms with Crippen molar-refractivity contribution >= 4 is 18.0 Å². The molecule has 2 atom stereocenters. The van der Waals surface area contributed by atoms with Gasteiger partial charge >= 0.3 is 18.0 Å². The number of nitrogens with two attached hydrogens (primary N) is 1. The molecule has 0 radical (unpaired) electrons. The molecule has 2 aliphatic rings. The van der Waals surface area contributed by atoms with Crippen molar-refractivity contribution in [1.82, 2.24) is 15.3 Å². The Morgan fingerprint density at radius 1 is 0.860 bits per heavy atom. The van der Waals surface area contributed by atoms with E-state index in [4.69, 9.17) is 25.1 Å². The first kappa shape index (κ1) is 33.9. The van der Waals surface area contributed by atoms with E-state index in [0.29, 0.717) is 18.3 Å². The number of hydrogen-bond acceptors (Lipinski definition) is 9. The Hall–Kier alpha value is -3.61. The summed E-state index contributed by atoms with van der Waals surface area (Å²) < 4.78 is 15.8. The molecule has 4 rings (SSSR count). The maximum atomic E-state index is 11.8. The van der Waals surface area contributed by atoms with Crippen LogP contribution in [0.2, 0.25) is 0 Å². The van der Waals surface area contributed by atoms with E-state index in [0.717, 1.165) is 74.6 Å². The van der Waals surface area contributed by atoms with Crippen LogP contribution in [0.4, 0.5) is 4.79 Å². The van der Waals surface area contributed by atoms with Crippen LogP contribution >= 0.6 is 0 Å². The van der Waals surface area contributed by atoms with Crippen LogP contribution in [0.15, 0.2) is 36.7 Å². The molecule has 0 aromatic carbocycles. The van der Waals surface area contributed by atoms with Crippen LogP contribution in [0.25, 0.3) is 0 Å². The molecule has 0 bridgehead atoms. The quantitative estimate of drug-likeness (QED) is 0.331. The number of carbonyl (C=O) groups is 3. The number of ether oxygens (including phenoxy) is 3. The molecule has 4 heterocycles. The van der Waals surface area contributed by atoms with Crippen LogP contribution in [0.1, 0.15) is 80.8 Å². The summed E-state index contributed by atoms with van der Waals surface area (Å²) in [5.41, 5.74) is 8.48. The summed E-state index contributed by atoms with van der Waals surface area (Å²) in [6.45, 7) is 8.24. The Balaban J connectivity index is 0.000000248. The number of alkyl carbamates (subject to hydrolysis) is 1. The maximum absolute atomic E-state index is 11.8. The first-order valence-electron chi connectivity index (χ1n) is 14.7.